The molecule has 152 valence electrons. The SMILES string of the molecule is Cc1c(CC(=O)O)c2cc(F)ccc2n1S(=O)(=O)c1ccc2c(c1)OCCCO2. The predicted molar refractivity (Wildman–Crippen MR) is 103 cm³/mol. The number of aromatic nitrogens is 1. The fraction of sp³-hybridized carbons (Fsp3) is 0.250. The van der Waals surface area contributed by atoms with Gasteiger partial charge in [0.15, 0.2) is 11.5 Å². The minimum Gasteiger partial charge on any atom is -0.490 e. The summed E-state index contributed by atoms with van der Waals surface area (Å²) in [6.07, 6.45) is 0.262. The van der Waals surface area contributed by atoms with E-state index in [1.165, 1.54) is 31.2 Å². The third kappa shape index (κ3) is 3.31. The van der Waals surface area contributed by atoms with Crippen LogP contribution in [-0.2, 0) is 21.2 Å². The molecule has 2 aromatic carbocycles. The Morgan fingerprint density at radius 1 is 1.14 bits per heavy atom. The van der Waals surface area contributed by atoms with Crippen LogP contribution in [0.25, 0.3) is 10.9 Å². The molecule has 0 aliphatic carbocycles. The second-order valence-electron chi connectivity index (χ2n) is 6.72. The van der Waals surface area contributed by atoms with Crippen molar-refractivity contribution in [2.24, 2.45) is 0 Å². The van der Waals surface area contributed by atoms with Crippen molar-refractivity contribution in [1.29, 1.82) is 0 Å². The van der Waals surface area contributed by atoms with Gasteiger partial charge in [0.05, 0.1) is 30.0 Å². The van der Waals surface area contributed by atoms with Crippen molar-refractivity contribution >= 4 is 26.9 Å². The van der Waals surface area contributed by atoms with Crippen LogP contribution in [0.4, 0.5) is 4.39 Å². The smallest absolute Gasteiger partial charge is 0.307 e. The van der Waals surface area contributed by atoms with E-state index in [1.54, 1.807) is 0 Å². The van der Waals surface area contributed by atoms with E-state index in [4.69, 9.17) is 9.47 Å². The first-order valence-corrected chi connectivity index (χ1v) is 10.4. The molecule has 0 saturated heterocycles. The molecule has 0 atom stereocenters. The number of nitrogens with zero attached hydrogens (tertiary/aromatic N) is 1. The Balaban J connectivity index is 1.93. The topological polar surface area (TPSA) is 94.8 Å². The summed E-state index contributed by atoms with van der Waals surface area (Å²) < 4.78 is 52.9. The molecular formula is C20H18FNO6S. The summed E-state index contributed by atoms with van der Waals surface area (Å²) in [4.78, 5) is 11.3. The molecule has 4 rings (SSSR count). The van der Waals surface area contributed by atoms with Crippen LogP contribution < -0.4 is 9.47 Å². The Kier molecular flexibility index (Phi) is 4.70. The summed E-state index contributed by atoms with van der Waals surface area (Å²) in [7, 11) is -4.10. The molecule has 1 aromatic heterocycles. The molecule has 0 saturated carbocycles. The largest absolute Gasteiger partial charge is 0.490 e. The fourth-order valence-electron chi connectivity index (χ4n) is 3.52. The van der Waals surface area contributed by atoms with Gasteiger partial charge >= 0.3 is 5.97 Å². The van der Waals surface area contributed by atoms with Gasteiger partial charge in [-0.25, -0.2) is 16.8 Å². The standard InChI is InChI=1S/C20H18FNO6S/c1-12-15(11-20(23)24)16-9-13(21)3-5-17(16)22(12)29(25,26)14-4-6-18-19(10-14)28-8-2-7-27-18/h3-6,9-10H,2,7-8,11H2,1H3,(H,23,24). The van der Waals surface area contributed by atoms with Gasteiger partial charge in [0, 0.05) is 23.6 Å². The van der Waals surface area contributed by atoms with E-state index < -0.39 is 28.2 Å². The lowest BCUT2D eigenvalue weighted by atomic mass is 10.1. The van der Waals surface area contributed by atoms with E-state index >= 15 is 0 Å². The fourth-order valence-corrected chi connectivity index (χ4v) is 5.11. The summed E-state index contributed by atoms with van der Waals surface area (Å²) in [5, 5.41) is 9.48. The molecule has 0 spiro atoms. The summed E-state index contributed by atoms with van der Waals surface area (Å²) in [6.45, 7) is 2.39. The van der Waals surface area contributed by atoms with E-state index in [0.29, 0.717) is 31.1 Å². The maximum absolute atomic E-state index is 13.8. The van der Waals surface area contributed by atoms with Crippen LogP contribution in [0.2, 0.25) is 0 Å². The van der Waals surface area contributed by atoms with Gasteiger partial charge in [-0.3, -0.25) is 4.79 Å². The molecule has 3 aromatic rings. The first-order chi connectivity index (χ1) is 13.8. The van der Waals surface area contributed by atoms with Gasteiger partial charge in [-0.05, 0) is 42.8 Å². The number of benzene rings is 2. The van der Waals surface area contributed by atoms with E-state index in [2.05, 4.69) is 0 Å². The highest BCUT2D eigenvalue weighted by atomic mass is 32.2. The number of carboxylic acid groups (broad SMARTS) is 1. The van der Waals surface area contributed by atoms with Crippen LogP contribution in [0.5, 0.6) is 11.5 Å². The van der Waals surface area contributed by atoms with Crippen molar-refractivity contribution in [3.63, 3.8) is 0 Å². The van der Waals surface area contributed by atoms with Crippen LogP contribution in [0.1, 0.15) is 17.7 Å². The molecule has 0 fully saturated rings. The number of fused-ring (bicyclic) bond motifs is 2. The van der Waals surface area contributed by atoms with E-state index in [1.807, 2.05) is 0 Å². The Labute approximate surface area is 166 Å². The lowest BCUT2D eigenvalue weighted by Crippen LogP contribution is -2.15. The van der Waals surface area contributed by atoms with E-state index in [0.717, 1.165) is 16.1 Å². The van der Waals surface area contributed by atoms with Gasteiger partial charge in [-0.2, -0.15) is 0 Å². The Hall–Kier alpha value is -3.07. The number of rotatable bonds is 4. The van der Waals surface area contributed by atoms with Crippen molar-refractivity contribution in [2.75, 3.05) is 13.2 Å². The Bertz CT molecular complexity index is 1230. The van der Waals surface area contributed by atoms with Crippen LogP contribution in [0.3, 0.4) is 0 Å². The van der Waals surface area contributed by atoms with Gasteiger partial charge in [-0.15, -0.1) is 0 Å². The molecule has 0 amide bonds. The molecular weight excluding hydrogens is 401 g/mol. The van der Waals surface area contributed by atoms with Crippen LogP contribution >= 0.6 is 0 Å². The number of halogens is 1. The summed E-state index contributed by atoms with van der Waals surface area (Å²) in [6, 6.07) is 7.97. The Morgan fingerprint density at radius 2 is 1.86 bits per heavy atom. The monoisotopic (exact) mass is 419 g/mol. The number of carbonyl (C=O) groups is 1. The highest BCUT2D eigenvalue weighted by molar-refractivity contribution is 7.90. The Morgan fingerprint density at radius 3 is 2.59 bits per heavy atom. The molecule has 1 N–H and O–H groups in total. The lowest BCUT2D eigenvalue weighted by Gasteiger charge is -2.13. The molecule has 9 heteroatoms. The third-order valence-electron chi connectivity index (χ3n) is 4.83. The zero-order valence-electron chi connectivity index (χ0n) is 15.5. The minimum atomic E-state index is -4.10. The van der Waals surface area contributed by atoms with Crippen LogP contribution in [0, 0.1) is 12.7 Å². The van der Waals surface area contributed by atoms with Gasteiger partial charge in [0.25, 0.3) is 10.0 Å². The normalized spacial score (nSPS) is 14.0. The number of ether oxygens (including phenoxy) is 2. The summed E-state index contributed by atoms with van der Waals surface area (Å²) in [5.74, 6) is -0.919. The molecule has 0 radical (unpaired) electrons. The van der Waals surface area contributed by atoms with E-state index in [-0.39, 0.29) is 27.1 Å². The van der Waals surface area contributed by atoms with Crippen molar-refractivity contribution in [3.05, 3.63) is 53.5 Å². The van der Waals surface area contributed by atoms with Crippen molar-refractivity contribution in [1.82, 2.24) is 3.97 Å². The second kappa shape index (κ2) is 7.07. The van der Waals surface area contributed by atoms with E-state index in [9.17, 15) is 22.7 Å². The third-order valence-corrected chi connectivity index (χ3v) is 6.63. The van der Waals surface area contributed by atoms with Gasteiger partial charge in [0.1, 0.15) is 5.82 Å². The average Bonchev–Trinajstić information content (AvgIpc) is 2.83. The quantitative estimate of drug-likeness (QED) is 0.698. The first-order valence-electron chi connectivity index (χ1n) is 8.95. The maximum Gasteiger partial charge on any atom is 0.307 e. The minimum absolute atomic E-state index is 0.0343. The van der Waals surface area contributed by atoms with Crippen molar-refractivity contribution in [2.45, 2.75) is 24.7 Å². The molecule has 29 heavy (non-hydrogen) atoms. The van der Waals surface area contributed by atoms with Crippen LogP contribution in [-0.4, -0.2) is 36.7 Å². The molecule has 0 unspecified atom stereocenters. The zero-order chi connectivity index (χ0) is 20.8. The van der Waals surface area contributed by atoms with Crippen molar-refractivity contribution in [3.8, 4) is 11.5 Å². The first kappa shape index (κ1) is 19.3. The number of carboxylic acids is 1. The van der Waals surface area contributed by atoms with Gasteiger partial charge < -0.3 is 14.6 Å². The van der Waals surface area contributed by atoms with Crippen molar-refractivity contribution < 1.29 is 32.2 Å². The molecule has 1 aliphatic rings. The zero-order valence-corrected chi connectivity index (χ0v) is 16.3. The molecule has 0 bridgehead atoms. The highest BCUT2D eigenvalue weighted by Gasteiger charge is 2.27. The summed E-state index contributed by atoms with van der Waals surface area (Å²) >= 11 is 0. The number of hydrogen-bond donors (Lipinski definition) is 1. The predicted octanol–water partition coefficient (Wildman–Crippen LogP) is 3.11. The highest BCUT2D eigenvalue weighted by Crippen LogP contribution is 2.35. The van der Waals surface area contributed by atoms with Gasteiger partial charge in [-0.1, -0.05) is 0 Å². The maximum atomic E-state index is 13.8. The molecule has 7 nitrogen and oxygen atoms in total. The second-order valence-corrected chi connectivity index (χ2v) is 8.51. The molecule has 2 heterocycles. The lowest BCUT2D eigenvalue weighted by molar-refractivity contribution is -0.136. The average molecular weight is 419 g/mol. The number of hydrogen-bond acceptors (Lipinski definition) is 5. The number of aliphatic carboxylic acids is 1. The van der Waals surface area contributed by atoms with Crippen LogP contribution in [0.15, 0.2) is 41.3 Å². The summed E-state index contributed by atoms with van der Waals surface area (Å²) in [5.41, 5.74) is 0.692. The molecule has 1 aliphatic heterocycles. The van der Waals surface area contributed by atoms with Gasteiger partial charge in [0.2, 0.25) is 0 Å².